The molecule has 0 aromatic heterocycles. The van der Waals surface area contributed by atoms with Crippen LogP contribution in [0.1, 0.15) is 52.2 Å². The largest absolute Gasteiger partial charge is 0.487 e. The van der Waals surface area contributed by atoms with E-state index in [1.165, 1.54) is 11.1 Å². The first-order chi connectivity index (χ1) is 8.84. The Kier molecular flexibility index (Phi) is 3.91. The molecule has 0 fully saturated rings. The van der Waals surface area contributed by atoms with Crippen molar-refractivity contribution in [3.63, 3.8) is 0 Å². The van der Waals surface area contributed by atoms with E-state index in [-0.39, 0.29) is 11.0 Å². The molecule has 0 aliphatic carbocycles. The highest BCUT2D eigenvalue weighted by Crippen LogP contribution is 2.38. The lowest BCUT2D eigenvalue weighted by molar-refractivity contribution is 0.138. The van der Waals surface area contributed by atoms with E-state index in [1.807, 2.05) is 0 Å². The van der Waals surface area contributed by atoms with Crippen LogP contribution in [0.2, 0.25) is 0 Å². The van der Waals surface area contributed by atoms with E-state index in [9.17, 15) is 0 Å². The van der Waals surface area contributed by atoms with Crippen molar-refractivity contribution in [2.45, 2.75) is 58.5 Å². The number of benzene rings is 1. The van der Waals surface area contributed by atoms with E-state index in [4.69, 9.17) is 4.74 Å². The van der Waals surface area contributed by atoms with E-state index >= 15 is 0 Å². The molecule has 1 aromatic rings. The van der Waals surface area contributed by atoms with E-state index in [2.05, 4.69) is 58.1 Å². The van der Waals surface area contributed by atoms with Gasteiger partial charge in [-0.25, -0.2) is 0 Å². The zero-order chi connectivity index (χ0) is 14.1. The summed E-state index contributed by atoms with van der Waals surface area (Å²) < 4.78 is 5.95. The van der Waals surface area contributed by atoms with Crippen LogP contribution in [-0.4, -0.2) is 18.7 Å². The fourth-order valence-electron chi connectivity index (χ4n) is 2.75. The molecule has 2 nitrogen and oxygen atoms in total. The first-order valence-electron chi connectivity index (χ1n) is 7.37. The van der Waals surface area contributed by atoms with Gasteiger partial charge >= 0.3 is 0 Å². The van der Waals surface area contributed by atoms with Crippen LogP contribution in [0, 0.1) is 0 Å². The summed E-state index contributed by atoms with van der Waals surface area (Å²) in [6.07, 6.45) is 2.17. The van der Waals surface area contributed by atoms with Crippen molar-refractivity contribution < 1.29 is 4.74 Å². The van der Waals surface area contributed by atoms with Crippen molar-refractivity contribution in [2.24, 2.45) is 0 Å². The van der Waals surface area contributed by atoms with Gasteiger partial charge in [0, 0.05) is 6.42 Å². The highest BCUT2D eigenvalue weighted by Gasteiger charge is 2.31. The van der Waals surface area contributed by atoms with Gasteiger partial charge in [-0.05, 0) is 56.0 Å². The van der Waals surface area contributed by atoms with Crippen molar-refractivity contribution >= 4 is 0 Å². The Morgan fingerprint density at radius 2 is 2.05 bits per heavy atom. The second-order valence-corrected chi connectivity index (χ2v) is 6.85. The van der Waals surface area contributed by atoms with Crippen LogP contribution >= 0.6 is 0 Å². The molecule has 0 atom stereocenters. The third-order valence-corrected chi connectivity index (χ3v) is 4.02. The topological polar surface area (TPSA) is 21.3 Å². The number of hydrogen-bond acceptors (Lipinski definition) is 2. The average molecular weight is 261 g/mol. The molecule has 106 valence electrons. The Morgan fingerprint density at radius 1 is 1.32 bits per heavy atom. The maximum Gasteiger partial charge on any atom is 0.123 e. The summed E-state index contributed by atoms with van der Waals surface area (Å²) >= 11 is 0. The SMILES string of the molecule is CCNCCC(C)(C)c1ccc2c(c1)CC(C)(C)O2. The molecule has 0 bridgehead atoms. The zero-order valence-corrected chi connectivity index (χ0v) is 13.0. The second-order valence-electron chi connectivity index (χ2n) is 6.85. The van der Waals surface area contributed by atoms with Gasteiger partial charge in [-0.15, -0.1) is 0 Å². The van der Waals surface area contributed by atoms with Gasteiger partial charge in [0.15, 0.2) is 0 Å². The van der Waals surface area contributed by atoms with Crippen LogP contribution in [-0.2, 0) is 11.8 Å². The standard InChI is InChI=1S/C17H27NO/c1-6-18-10-9-16(2,3)14-7-8-15-13(11-14)12-17(4,5)19-15/h7-8,11,18H,6,9-10,12H2,1-5H3. The molecule has 1 aliphatic rings. The lowest BCUT2D eigenvalue weighted by Gasteiger charge is -2.26. The fourth-order valence-corrected chi connectivity index (χ4v) is 2.75. The van der Waals surface area contributed by atoms with Crippen LogP contribution in [0.4, 0.5) is 0 Å². The van der Waals surface area contributed by atoms with Crippen molar-refractivity contribution in [3.05, 3.63) is 29.3 Å². The number of fused-ring (bicyclic) bond motifs is 1. The lowest BCUT2D eigenvalue weighted by Crippen LogP contribution is -2.25. The molecule has 1 heterocycles. The molecule has 0 amide bonds. The Hall–Kier alpha value is -1.02. The Morgan fingerprint density at radius 3 is 2.74 bits per heavy atom. The molecule has 0 saturated heterocycles. The number of nitrogens with one attached hydrogen (secondary N) is 1. The summed E-state index contributed by atoms with van der Waals surface area (Å²) in [6, 6.07) is 6.72. The fraction of sp³-hybridized carbons (Fsp3) is 0.647. The molecule has 0 unspecified atom stereocenters. The molecule has 0 radical (unpaired) electrons. The van der Waals surface area contributed by atoms with Crippen LogP contribution in [0.25, 0.3) is 0 Å². The van der Waals surface area contributed by atoms with Crippen LogP contribution in [0.15, 0.2) is 18.2 Å². The number of hydrogen-bond donors (Lipinski definition) is 1. The molecule has 2 heteroatoms. The Balaban J connectivity index is 2.14. The van der Waals surface area contributed by atoms with Crippen LogP contribution in [0.5, 0.6) is 5.75 Å². The van der Waals surface area contributed by atoms with E-state index in [0.29, 0.717) is 0 Å². The number of ether oxygens (including phenoxy) is 1. The molecule has 1 N–H and O–H groups in total. The van der Waals surface area contributed by atoms with E-state index in [1.54, 1.807) is 0 Å². The molecule has 0 saturated carbocycles. The predicted octanol–water partition coefficient (Wildman–Crippen LogP) is 3.68. The molecule has 1 aliphatic heterocycles. The van der Waals surface area contributed by atoms with Gasteiger partial charge in [-0.1, -0.05) is 32.9 Å². The normalized spacial score (nSPS) is 17.1. The highest BCUT2D eigenvalue weighted by atomic mass is 16.5. The molecule has 0 spiro atoms. The van der Waals surface area contributed by atoms with Gasteiger partial charge in [0.2, 0.25) is 0 Å². The van der Waals surface area contributed by atoms with Crippen LogP contribution < -0.4 is 10.1 Å². The molecule has 1 aromatic carbocycles. The third-order valence-electron chi connectivity index (χ3n) is 4.02. The summed E-state index contributed by atoms with van der Waals surface area (Å²) in [5, 5.41) is 3.41. The maximum atomic E-state index is 5.95. The van der Waals surface area contributed by atoms with Gasteiger partial charge < -0.3 is 10.1 Å². The summed E-state index contributed by atoms with van der Waals surface area (Å²) in [4.78, 5) is 0. The van der Waals surface area contributed by atoms with Gasteiger partial charge in [-0.2, -0.15) is 0 Å². The van der Waals surface area contributed by atoms with E-state index in [0.717, 1.165) is 31.7 Å². The van der Waals surface area contributed by atoms with Crippen molar-refractivity contribution in [1.82, 2.24) is 5.32 Å². The van der Waals surface area contributed by atoms with Gasteiger partial charge in [0.1, 0.15) is 11.4 Å². The minimum atomic E-state index is -0.0468. The molecular formula is C17H27NO. The van der Waals surface area contributed by atoms with Crippen LogP contribution in [0.3, 0.4) is 0 Å². The molecule has 19 heavy (non-hydrogen) atoms. The smallest absolute Gasteiger partial charge is 0.123 e. The first kappa shape index (κ1) is 14.4. The monoisotopic (exact) mass is 261 g/mol. The summed E-state index contributed by atoms with van der Waals surface area (Å²) in [7, 11) is 0. The Bertz CT molecular complexity index is 449. The van der Waals surface area contributed by atoms with E-state index < -0.39 is 0 Å². The van der Waals surface area contributed by atoms with Gasteiger partial charge in [0.25, 0.3) is 0 Å². The lowest BCUT2D eigenvalue weighted by atomic mass is 9.80. The molecule has 2 rings (SSSR count). The van der Waals surface area contributed by atoms with Crippen molar-refractivity contribution in [3.8, 4) is 5.75 Å². The quantitative estimate of drug-likeness (QED) is 0.816. The zero-order valence-electron chi connectivity index (χ0n) is 13.0. The maximum absolute atomic E-state index is 5.95. The predicted molar refractivity (Wildman–Crippen MR) is 81.0 cm³/mol. The van der Waals surface area contributed by atoms with Gasteiger partial charge in [-0.3, -0.25) is 0 Å². The summed E-state index contributed by atoms with van der Waals surface area (Å²) in [5.41, 5.74) is 2.95. The second kappa shape index (κ2) is 5.16. The highest BCUT2D eigenvalue weighted by molar-refractivity contribution is 5.43. The minimum Gasteiger partial charge on any atom is -0.487 e. The van der Waals surface area contributed by atoms with Crippen molar-refractivity contribution in [1.29, 1.82) is 0 Å². The number of rotatable bonds is 5. The first-order valence-corrected chi connectivity index (χ1v) is 7.37. The van der Waals surface area contributed by atoms with Crippen molar-refractivity contribution in [2.75, 3.05) is 13.1 Å². The van der Waals surface area contributed by atoms with Gasteiger partial charge in [0.05, 0.1) is 0 Å². The summed E-state index contributed by atoms with van der Waals surface area (Å²) in [5.74, 6) is 1.07. The molecular weight excluding hydrogens is 234 g/mol. The summed E-state index contributed by atoms with van der Waals surface area (Å²) in [6.45, 7) is 13.2. The minimum absolute atomic E-state index is 0.0468. The average Bonchev–Trinajstić information content (AvgIpc) is 2.61. The third kappa shape index (κ3) is 3.30. The Labute approximate surface area is 117 Å².